The summed E-state index contributed by atoms with van der Waals surface area (Å²) >= 11 is 0. The summed E-state index contributed by atoms with van der Waals surface area (Å²) < 4.78 is 9.70. The van der Waals surface area contributed by atoms with Crippen LogP contribution < -0.4 is 0 Å². The Kier molecular flexibility index (Phi) is 3.56. The zero-order valence-electron chi connectivity index (χ0n) is 10.0. The number of non-ortho nitro benzene ring substituents is 1. The third-order valence-electron chi connectivity index (χ3n) is 2.43. The van der Waals surface area contributed by atoms with Crippen LogP contribution in [0.25, 0.3) is 11.3 Å². The van der Waals surface area contributed by atoms with Crippen LogP contribution in [0.15, 0.2) is 35.1 Å². The molecular formula is C12H10N2O5. The number of hydrogen-bond acceptors (Lipinski definition) is 6. The number of nitro benzene ring substituents is 1. The summed E-state index contributed by atoms with van der Waals surface area (Å²) in [5.41, 5.74) is 1.75. The number of ether oxygens (including phenoxy) is 1. The predicted octanol–water partition coefficient (Wildman–Crippen LogP) is 2.31. The molecule has 7 heteroatoms. The van der Waals surface area contributed by atoms with Crippen molar-refractivity contribution in [1.29, 1.82) is 0 Å². The van der Waals surface area contributed by atoms with Gasteiger partial charge in [-0.05, 0) is 12.1 Å². The van der Waals surface area contributed by atoms with Gasteiger partial charge in [-0.3, -0.25) is 14.9 Å². The van der Waals surface area contributed by atoms with Crippen LogP contribution >= 0.6 is 0 Å². The number of carbonyl (C=O) groups is 1. The van der Waals surface area contributed by atoms with Gasteiger partial charge in [0.25, 0.3) is 5.69 Å². The third-order valence-corrected chi connectivity index (χ3v) is 2.43. The van der Waals surface area contributed by atoms with Gasteiger partial charge in [-0.15, -0.1) is 0 Å². The molecule has 19 heavy (non-hydrogen) atoms. The van der Waals surface area contributed by atoms with E-state index in [0.717, 1.165) is 0 Å². The van der Waals surface area contributed by atoms with Crippen molar-refractivity contribution in [3.05, 3.63) is 46.2 Å². The number of esters is 1. The summed E-state index contributed by atoms with van der Waals surface area (Å²) in [6.07, 6.45) is 1.37. The Hall–Kier alpha value is -2.70. The molecule has 2 rings (SSSR count). The molecule has 1 aromatic carbocycles. The minimum absolute atomic E-state index is 0.00576. The first kappa shape index (κ1) is 12.7. The van der Waals surface area contributed by atoms with E-state index in [0.29, 0.717) is 16.8 Å². The van der Waals surface area contributed by atoms with Gasteiger partial charge in [-0.25, -0.2) is 0 Å². The van der Waals surface area contributed by atoms with Crippen molar-refractivity contribution in [2.45, 2.75) is 13.5 Å². The maximum atomic E-state index is 10.8. The number of carbonyl (C=O) groups excluding carboxylic acids is 1. The Balaban J connectivity index is 2.24. The molecule has 0 N–H and O–H groups in total. The molecule has 7 nitrogen and oxygen atoms in total. The van der Waals surface area contributed by atoms with Crippen LogP contribution in [0.1, 0.15) is 12.5 Å². The lowest BCUT2D eigenvalue weighted by Gasteiger charge is -2.01. The molecule has 0 bridgehead atoms. The van der Waals surface area contributed by atoms with Crippen LogP contribution in [0.4, 0.5) is 5.69 Å². The lowest BCUT2D eigenvalue weighted by Crippen LogP contribution is -1.99. The van der Waals surface area contributed by atoms with Crippen molar-refractivity contribution in [3.63, 3.8) is 0 Å². The van der Waals surface area contributed by atoms with Gasteiger partial charge >= 0.3 is 5.97 Å². The predicted molar refractivity (Wildman–Crippen MR) is 64.1 cm³/mol. The van der Waals surface area contributed by atoms with Crippen LogP contribution in [0.5, 0.6) is 0 Å². The highest BCUT2D eigenvalue weighted by Crippen LogP contribution is 2.24. The Morgan fingerprint density at radius 1 is 1.42 bits per heavy atom. The summed E-state index contributed by atoms with van der Waals surface area (Å²) in [5, 5.41) is 14.4. The molecular weight excluding hydrogens is 252 g/mol. The third kappa shape index (κ3) is 2.95. The molecule has 0 aliphatic heterocycles. The topological polar surface area (TPSA) is 95.5 Å². The van der Waals surface area contributed by atoms with Gasteiger partial charge in [0.2, 0.25) is 0 Å². The molecule has 0 aliphatic rings. The highest BCUT2D eigenvalue weighted by Gasteiger charge is 2.13. The summed E-state index contributed by atoms with van der Waals surface area (Å²) in [7, 11) is 0. The zero-order valence-corrected chi connectivity index (χ0v) is 10.0. The second-order valence-corrected chi connectivity index (χ2v) is 3.77. The summed E-state index contributed by atoms with van der Waals surface area (Å²) in [6, 6.07) is 5.87. The van der Waals surface area contributed by atoms with E-state index >= 15 is 0 Å². The lowest BCUT2D eigenvalue weighted by molar-refractivity contribution is -0.384. The Morgan fingerprint density at radius 3 is 2.68 bits per heavy atom. The second-order valence-electron chi connectivity index (χ2n) is 3.77. The highest BCUT2D eigenvalue weighted by molar-refractivity contribution is 5.67. The largest absolute Gasteiger partial charge is 0.461 e. The maximum Gasteiger partial charge on any atom is 0.302 e. The van der Waals surface area contributed by atoms with E-state index < -0.39 is 10.9 Å². The molecule has 0 saturated carbocycles. The van der Waals surface area contributed by atoms with Gasteiger partial charge in [0, 0.05) is 24.6 Å². The monoisotopic (exact) mass is 262 g/mol. The average Bonchev–Trinajstić information content (AvgIpc) is 2.84. The molecule has 0 saturated heterocycles. The van der Waals surface area contributed by atoms with Gasteiger partial charge < -0.3 is 9.26 Å². The molecule has 0 aliphatic carbocycles. The van der Waals surface area contributed by atoms with Gasteiger partial charge in [0.05, 0.1) is 10.5 Å². The van der Waals surface area contributed by atoms with Gasteiger partial charge in [0.1, 0.15) is 18.6 Å². The number of nitro groups is 1. The first-order valence-electron chi connectivity index (χ1n) is 5.39. The minimum Gasteiger partial charge on any atom is -0.461 e. The molecule has 2 aromatic rings. The van der Waals surface area contributed by atoms with Crippen molar-refractivity contribution in [2.75, 3.05) is 0 Å². The molecule has 1 aromatic heterocycles. The molecule has 0 amide bonds. The fraction of sp³-hybridized carbons (Fsp3) is 0.167. The maximum absolute atomic E-state index is 10.8. The molecule has 98 valence electrons. The van der Waals surface area contributed by atoms with Crippen molar-refractivity contribution < 1.29 is 19.0 Å². The number of hydrogen-bond donors (Lipinski definition) is 0. The Morgan fingerprint density at radius 2 is 2.11 bits per heavy atom. The standard InChI is InChI=1S/C12H10N2O5/c1-8(15)18-6-10-7-19-13-12(10)9-2-4-11(5-3-9)14(16)17/h2-5,7H,6H2,1H3. The van der Waals surface area contributed by atoms with E-state index in [1.165, 1.54) is 25.3 Å². The van der Waals surface area contributed by atoms with E-state index in [-0.39, 0.29) is 12.3 Å². The van der Waals surface area contributed by atoms with Crippen LogP contribution in [-0.2, 0) is 16.1 Å². The molecule has 0 radical (unpaired) electrons. The molecule has 1 heterocycles. The quantitative estimate of drug-likeness (QED) is 0.476. The Labute approximate surface area is 107 Å². The SMILES string of the molecule is CC(=O)OCc1conc1-c1ccc([N+](=O)[O-])cc1. The normalized spacial score (nSPS) is 10.2. The summed E-state index contributed by atoms with van der Waals surface area (Å²) in [6.45, 7) is 1.35. The smallest absolute Gasteiger partial charge is 0.302 e. The van der Waals surface area contributed by atoms with Crippen LogP contribution in [-0.4, -0.2) is 16.0 Å². The van der Waals surface area contributed by atoms with Crippen molar-refractivity contribution in [3.8, 4) is 11.3 Å². The Bertz CT molecular complexity index is 603. The number of nitrogens with zero attached hydrogens (tertiary/aromatic N) is 2. The summed E-state index contributed by atoms with van der Waals surface area (Å²) in [5.74, 6) is -0.407. The van der Waals surface area contributed by atoms with Crippen molar-refractivity contribution in [1.82, 2.24) is 5.16 Å². The second kappa shape index (κ2) is 5.30. The van der Waals surface area contributed by atoms with E-state index in [9.17, 15) is 14.9 Å². The molecule has 0 atom stereocenters. The molecule has 0 spiro atoms. The van der Waals surface area contributed by atoms with Gasteiger partial charge in [0.15, 0.2) is 0 Å². The lowest BCUT2D eigenvalue weighted by atomic mass is 10.1. The number of rotatable bonds is 4. The van der Waals surface area contributed by atoms with Gasteiger partial charge in [-0.1, -0.05) is 5.16 Å². The number of aromatic nitrogens is 1. The van der Waals surface area contributed by atoms with E-state index in [4.69, 9.17) is 9.26 Å². The van der Waals surface area contributed by atoms with Gasteiger partial charge in [-0.2, -0.15) is 0 Å². The fourth-order valence-corrected chi connectivity index (χ4v) is 1.52. The minimum atomic E-state index is -0.480. The fourth-order valence-electron chi connectivity index (χ4n) is 1.52. The van der Waals surface area contributed by atoms with E-state index in [1.807, 2.05) is 0 Å². The summed E-state index contributed by atoms with van der Waals surface area (Å²) in [4.78, 5) is 20.8. The van der Waals surface area contributed by atoms with E-state index in [2.05, 4.69) is 5.16 Å². The van der Waals surface area contributed by atoms with Crippen molar-refractivity contribution in [2.24, 2.45) is 0 Å². The first-order valence-corrected chi connectivity index (χ1v) is 5.39. The zero-order chi connectivity index (χ0) is 13.8. The van der Waals surface area contributed by atoms with Crippen LogP contribution in [0.2, 0.25) is 0 Å². The average molecular weight is 262 g/mol. The van der Waals surface area contributed by atoms with E-state index in [1.54, 1.807) is 12.1 Å². The molecule has 0 fully saturated rings. The van der Waals surface area contributed by atoms with Crippen LogP contribution in [0.3, 0.4) is 0 Å². The molecule has 0 unspecified atom stereocenters. The highest BCUT2D eigenvalue weighted by atomic mass is 16.6. The number of benzene rings is 1. The van der Waals surface area contributed by atoms with Crippen molar-refractivity contribution >= 4 is 11.7 Å². The first-order chi connectivity index (χ1) is 9.08. The van der Waals surface area contributed by atoms with Crippen LogP contribution in [0, 0.1) is 10.1 Å².